The van der Waals surface area contributed by atoms with Crippen molar-refractivity contribution in [2.45, 2.75) is 6.73 Å². The van der Waals surface area contributed by atoms with Crippen molar-refractivity contribution in [3.63, 3.8) is 0 Å². The number of hydrogen-bond acceptors (Lipinski definition) is 4. The Kier molecular flexibility index (Phi) is 2.17. The molecule has 0 radical (unpaired) electrons. The second kappa shape index (κ2) is 3.11. The van der Waals surface area contributed by atoms with Crippen molar-refractivity contribution < 1.29 is 9.53 Å². The maximum Gasteiger partial charge on any atom is 0.270 e. The number of amides is 1. The quantitative estimate of drug-likeness (QED) is 0.607. The fraction of sp³-hybridized carbons (Fsp3) is 0.400. The summed E-state index contributed by atoms with van der Waals surface area (Å²) in [5.74, 6) is -0.590. The summed E-state index contributed by atoms with van der Waals surface area (Å²) in [5.41, 5.74) is 5.07. The topological polar surface area (TPSA) is 83.0 Å². The first-order chi connectivity index (χ1) is 5.24. The number of aromatic nitrogens is 3. The predicted molar refractivity (Wildman–Crippen MR) is 35.5 cm³/mol. The first-order valence-corrected chi connectivity index (χ1v) is 2.93. The lowest BCUT2D eigenvalue weighted by Gasteiger charge is -1.93. The summed E-state index contributed by atoms with van der Waals surface area (Å²) in [6, 6.07) is 0. The Morgan fingerprint density at radius 3 is 3.09 bits per heavy atom. The molecule has 1 rings (SSSR count). The molecule has 0 bridgehead atoms. The highest BCUT2D eigenvalue weighted by atomic mass is 16.5. The van der Waals surface area contributed by atoms with Gasteiger partial charge in [0.1, 0.15) is 6.73 Å². The predicted octanol–water partition coefficient (Wildman–Crippen LogP) is -1.02. The highest BCUT2D eigenvalue weighted by molar-refractivity contribution is 5.90. The van der Waals surface area contributed by atoms with E-state index >= 15 is 0 Å². The van der Waals surface area contributed by atoms with Crippen LogP contribution in [0.4, 0.5) is 0 Å². The van der Waals surface area contributed by atoms with Crippen molar-refractivity contribution >= 4 is 5.91 Å². The number of hydrogen-bond donors (Lipinski definition) is 1. The molecule has 0 unspecified atom stereocenters. The minimum atomic E-state index is -0.590. The number of ether oxygens (including phenoxy) is 1. The lowest BCUT2D eigenvalue weighted by molar-refractivity contribution is 0.0995. The molecule has 0 aliphatic carbocycles. The Labute approximate surface area is 62.9 Å². The third kappa shape index (κ3) is 1.74. The second-order valence-corrected chi connectivity index (χ2v) is 1.93. The largest absolute Gasteiger partial charge is 0.364 e. The molecule has 0 aromatic carbocycles. The van der Waals surface area contributed by atoms with Crippen LogP contribution in [0.1, 0.15) is 10.5 Å². The highest BCUT2D eigenvalue weighted by Gasteiger charge is 2.04. The van der Waals surface area contributed by atoms with Gasteiger partial charge in [0, 0.05) is 7.11 Å². The average Bonchev–Trinajstić information content (AvgIpc) is 2.37. The van der Waals surface area contributed by atoms with Gasteiger partial charge in [-0.05, 0) is 0 Å². The Balaban J connectivity index is 2.73. The third-order valence-electron chi connectivity index (χ3n) is 1.05. The fourth-order valence-electron chi connectivity index (χ4n) is 0.607. The van der Waals surface area contributed by atoms with Gasteiger partial charge in [0.2, 0.25) is 0 Å². The molecule has 6 heteroatoms. The normalized spacial score (nSPS) is 9.91. The van der Waals surface area contributed by atoms with E-state index in [0.717, 1.165) is 0 Å². The summed E-state index contributed by atoms with van der Waals surface area (Å²) in [4.78, 5) is 10.5. The van der Waals surface area contributed by atoms with Crippen molar-refractivity contribution in [3.05, 3.63) is 11.9 Å². The van der Waals surface area contributed by atoms with E-state index in [4.69, 9.17) is 10.5 Å². The maximum atomic E-state index is 10.5. The van der Waals surface area contributed by atoms with E-state index in [1.165, 1.54) is 18.0 Å². The maximum absolute atomic E-state index is 10.5. The number of methoxy groups -OCH3 is 1. The van der Waals surface area contributed by atoms with Gasteiger partial charge in [-0.2, -0.15) is 0 Å². The number of rotatable bonds is 3. The average molecular weight is 156 g/mol. The molecule has 1 aromatic rings. The van der Waals surface area contributed by atoms with Gasteiger partial charge in [-0.3, -0.25) is 4.79 Å². The zero-order valence-corrected chi connectivity index (χ0v) is 6.02. The number of nitrogens with zero attached hydrogens (tertiary/aromatic N) is 3. The molecule has 0 aliphatic heterocycles. The van der Waals surface area contributed by atoms with Crippen molar-refractivity contribution in [1.82, 2.24) is 15.0 Å². The SMILES string of the molecule is COCn1cc(C(N)=O)nn1. The standard InChI is InChI=1S/C5H8N4O2/c1-11-3-9-2-4(5(6)10)7-8-9/h2H,3H2,1H3,(H2,6,10). The number of carbonyl (C=O) groups excluding carboxylic acids is 1. The van der Waals surface area contributed by atoms with Crippen LogP contribution in [0.15, 0.2) is 6.20 Å². The minimum absolute atomic E-state index is 0.141. The monoisotopic (exact) mass is 156 g/mol. The summed E-state index contributed by atoms with van der Waals surface area (Å²) in [5, 5.41) is 7.06. The molecule has 0 fully saturated rings. The molecule has 2 N–H and O–H groups in total. The molecular weight excluding hydrogens is 148 g/mol. The molecule has 0 atom stereocenters. The fourth-order valence-corrected chi connectivity index (χ4v) is 0.607. The van der Waals surface area contributed by atoms with Crippen LogP contribution in [0.2, 0.25) is 0 Å². The molecule has 11 heavy (non-hydrogen) atoms. The molecule has 0 spiro atoms. The summed E-state index contributed by atoms with van der Waals surface area (Å²) in [6.45, 7) is 0.264. The zero-order valence-electron chi connectivity index (χ0n) is 6.02. The van der Waals surface area contributed by atoms with E-state index in [9.17, 15) is 4.79 Å². The first-order valence-electron chi connectivity index (χ1n) is 2.93. The van der Waals surface area contributed by atoms with Crippen LogP contribution >= 0.6 is 0 Å². The lowest BCUT2D eigenvalue weighted by Crippen LogP contribution is -2.11. The molecule has 60 valence electrons. The Morgan fingerprint density at radius 1 is 1.91 bits per heavy atom. The molecular formula is C5H8N4O2. The van der Waals surface area contributed by atoms with Gasteiger partial charge < -0.3 is 10.5 Å². The van der Waals surface area contributed by atoms with E-state index in [2.05, 4.69) is 10.3 Å². The Morgan fingerprint density at radius 2 is 2.64 bits per heavy atom. The van der Waals surface area contributed by atoms with Gasteiger partial charge in [-0.25, -0.2) is 4.68 Å². The molecule has 1 heterocycles. The van der Waals surface area contributed by atoms with Gasteiger partial charge in [-0.15, -0.1) is 5.10 Å². The van der Waals surface area contributed by atoms with Crippen molar-refractivity contribution in [3.8, 4) is 0 Å². The molecule has 1 aromatic heterocycles. The number of primary amides is 1. The van der Waals surface area contributed by atoms with Gasteiger partial charge in [0.15, 0.2) is 5.69 Å². The molecule has 0 aliphatic rings. The van der Waals surface area contributed by atoms with Crippen LogP contribution in [0.3, 0.4) is 0 Å². The van der Waals surface area contributed by atoms with E-state index in [1.54, 1.807) is 0 Å². The van der Waals surface area contributed by atoms with Crippen LogP contribution in [-0.4, -0.2) is 28.0 Å². The van der Waals surface area contributed by atoms with E-state index in [1.807, 2.05) is 0 Å². The van der Waals surface area contributed by atoms with Crippen LogP contribution in [0, 0.1) is 0 Å². The first kappa shape index (κ1) is 7.67. The van der Waals surface area contributed by atoms with Gasteiger partial charge in [0.25, 0.3) is 5.91 Å². The van der Waals surface area contributed by atoms with Crippen molar-refractivity contribution in [1.29, 1.82) is 0 Å². The summed E-state index contributed by atoms with van der Waals surface area (Å²) >= 11 is 0. The summed E-state index contributed by atoms with van der Waals surface area (Å²) in [7, 11) is 1.52. The molecule has 1 amide bonds. The zero-order chi connectivity index (χ0) is 8.27. The second-order valence-electron chi connectivity index (χ2n) is 1.93. The Bertz CT molecular complexity index is 257. The van der Waals surface area contributed by atoms with Gasteiger partial charge in [0.05, 0.1) is 6.20 Å². The van der Waals surface area contributed by atoms with E-state index in [-0.39, 0.29) is 12.4 Å². The van der Waals surface area contributed by atoms with E-state index in [0.29, 0.717) is 0 Å². The number of nitrogens with two attached hydrogens (primary N) is 1. The van der Waals surface area contributed by atoms with E-state index < -0.39 is 5.91 Å². The Hall–Kier alpha value is -1.43. The molecule has 0 saturated carbocycles. The molecule has 6 nitrogen and oxygen atoms in total. The summed E-state index contributed by atoms with van der Waals surface area (Å²) < 4.78 is 6.10. The highest BCUT2D eigenvalue weighted by Crippen LogP contribution is 1.90. The van der Waals surface area contributed by atoms with Gasteiger partial charge in [-0.1, -0.05) is 5.21 Å². The van der Waals surface area contributed by atoms with Crippen molar-refractivity contribution in [2.75, 3.05) is 7.11 Å². The van der Waals surface area contributed by atoms with Crippen LogP contribution in [0.25, 0.3) is 0 Å². The van der Waals surface area contributed by atoms with Crippen LogP contribution in [-0.2, 0) is 11.5 Å². The smallest absolute Gasteiger partial charge is 0.270 e. The number of carbonyl (C=O) groups is 1. The van der Waals surface area contributed by atoms with Crippen LogP contribution in [0.5, 0.6) is 0 Å². The van der Waals surface area contributed by atoms with Crippen LogP contribution < -0.4 is 5.73 Å². The van der Waals surface area contributed by atoms with Crippen molar-refractivity contribution in [2.24, 2.45) is 5.73 Å². The lowest BCUT2D eigenvalue weighted by atomic mass is 10.5. The minimum Gasteiger partial charge on any atom is -0.364 e. The summed E-state index contributed by atoms with van der Waals surface area (Å²) in [6.07, 6.45) is 1.42. The third-order valence-corrected chi connectivity index (χ3v) is 1.05. The van der Waals surface area contributed by atoms with Gasteiger partial charge >= 0.3 is 0 Å². The molecule has 0 saturated heterocycles.